The van der Waals surface area contributed by atoms with Crippen LogP contribution in [0.3, 0.4) is 0 Å². The maximum atomic E-state index is 12.6. The van der Waals surface area contributed by atoms with Crippen molar-refractivity contribution < 1.29 is 4.79 Å². The maximum Gasteiger partial charge on any atom is 0.318 e. The number of nitrogens with zero attached hydrogens (tertiary/aromatic N) is 3. The van der Waals surface area contributed by atoms with Crippen LogP contribution in [0.2, 0.25) is 0 Å². The number of pyridine rings is 1. The van der Waals surface area contributed by atoms with E-state index >= 15 is 0 Å². The molecule has 1 aliphatic rings. The molecule has 1 saturated heterocycles. The Kier molecular flexibility index (Phi) is 4.36. The Morgan fingerprint density at radius 3 is 3.04 bits per heavy atom. The van der Waals surface area contributed by atoms with E-state index < -0.39 is 0 Å². The van der Waals surface area contributed by atoms with Crippen molar-refractivity contribution in [2.45, 2.75) is 32.4 Å². The van der Waals surface area contributed by atoms with Gasteiger partial charge in [0.1, 0.15) is 5.01 Å². The summed E-state index contributed by atoms with van der Waals surface area (Å²) in [6, 6.07) is 12.1. The zero-order chi connectivity index (χ0) is 17.2. The number of carbonyl (C=O) groups is 1. The lowest BCUT2D eigenvalue weighted by Gasteiger charge is -2.23. The standard InChI is InChI=1S/C19H20N4OS/c1-13-10-16-17(20-11-13)22-18(25-16)15-8-5-9-23(15)19(24)21-12-14-6-3-2-4-7-14/h2-4,6-7,10-11,15H,5,8-9,12H2,1H3,(H,21,24)/t15-/m1/s1. The molecule has 3 aromatic rings. The summed E-state index contributed by atoms with van der Waals surface area (Å²) < 4.78 is 1.09. The molecule has 25 heavy (non-hydrogen) atoms. The van der Waals surface area contributed by atoms with E-state index in [1.54, 1.807) is 11.3 Å². The van der Waals surface area contributed by atoms with Crippen LogP contribution in [0.5, 0.6) is 0 Å². The number of rotatable bonds is 3. The van der Waals surface area contributed by atoms with Crippen molar-refractivity contribution in [1.82, 2.24) is 20.2 Å². The Balaban J connectivity index is 1.50. The van der Waals surface area contributed by atoms with Crippen molar-refractivity contribution in [2.75, 3.05) is 6.54 Å². The van der Waals surface area contributed by atoms with E-state index in [9.17, 15) is 4.79 Å². The highest BCUT2D eigenvalue weighted by molar-refractivity contribution is 7.18. The number of aryl methyl sites for hydroxylation is 1. The molecule has 0 radical (unpaired) electrons. The van der Waals surface area contributed by atoms with E-state index in [2.05, 4.69) is 21.4 Å². The number of fused-ring (bicyclic) bond motifs is 1. The Hall–Kier alpha value is -2.47. The molecule has 1 aromatic carbocycles. The minimum Gasteiger partial charge on any atom is -0.334 e. The highest BCUT2D eigenvalue weighted by Crippen LogP contribution is 2.36. The average Bonchev–Trinajstić information content (AvgIpc) is 3.26. The summed E-state index contributed by atoms with van der Waals surface area (Å²) in [7, 11) is 0. The van der Waals surface area contributed by atoms with Crippen molar-refractivity contribution in [2.24, 2.45) is 0 Å². The average molecular weight is 352 g/mol. The molecule has 128 valence electrons. The second-order valence-electron chi connectivity index (χ2n) is 6.38. The van der Waals surface area contributed by atoms with Crippen molar-refractivity contribution in [3.8, 4) is 0 Å². The molecule has 0 aliphatic carbocycles. The minimum absolute atomic E-state index is 0.0188. The summed E-state index contributed by atoms with van der Waals surface area (Å²) in [6.07, 6.45) is 3.80. The summed E-state index contributed by atoms with van der Waals surface area (Å²) >= 11 is 1.65. The van der Waals surface area contributed by atoms with Crippen LogP contribution in [0.15, 0.2) is 42.6 Å². The van der Waals surface area contributed by atoms with Gasteiger partial charge in [-0.3, -0.25) is 0 Å². The van der Waals surface area contributed by atoms with Gasteiger partial charge in [-0.25, -0.2) is 14.8 Å². The molecule has 1 aliphatic heterocycles. The number of carbonyl (C=O) groups excluding carboxylic acids is 1. The van der Waals surface area contributed by atoms with E-state index in [0.717, 1.165) is 45.9 Å². The van der Waals surface area contributed by atoms with E-state index in [1.807, 2.05) is 48.4 Å². The van der Waals surface area contributed by atoms with Gasteiger partial charge in [-0.1, -0.05) is 30.3 Å². The van der Waals surface area contributed by atoms with Crippen LogP contribution >= 0.6 is 11.3 Å². The first-order chi connectivity index (χ1) is 12.2. The number of benzene rings is 1. The Labute approximate surface area is 150 Å². The minimum atomic E-state index is -0.0188. The van der Waals surface area contributed by atoms with Gasteiger partial charge >= 0.3 is 6.03 Å². The number of likely N-dealkylation sites (tertiary alicyclic amines) is 1. The molecule has 0 bridgehead atoms. The van der Waals surface area contributed by atoms with Crippen LogP contribution in [-0.4, -0.2) is 27.4 Å². The predicted molar refractivity (Wildman–Crippen MR) is 99.5 cm³/mol. The van der Waals surface area contributed by atoms with Crippen molar-refractivity contribution >= 4 is 27.7 Å². The first-order valence-corrected chi connectivity index (χ1v) is 9.34. The topological polar surface area (TPSA) is 58.1 Å². The lowest BCUT2D eigenvalue weighted by atomic mass is 10.2. The van der Waals surface area contributed by atoms with Crippen LogP contribution in [0.1, 0.15) is 35.0 Å². The Morgan fingerprint density at radius 1 is 1.36 bits per heavy atom. The number of aromatic nitrogens is 2. The van der Waals surface area contributed by atoms with Crippen LogP contribution < -0.4 is 5.32 Å². The summed E-state index contributed by atoms with van der Waals surface area (Å²) in [5.74, 6) is 0. The molecule has 2 aromatic heterocycles. The van der Waals surface area contributed by atoms with Gasteiger partial charge in [0, 0.05) is 19.3 Å². The number of amides is 2. The third kappa shape index (κ3) is 3.35. The van der Waals surface area contributed by atoms with Gasteiger partial charge in [0.05, 0.1) is 10.7 Å². The lowest BCUT2D eigenvalue weighted by molar-refractivity contribution is 0.192. The second-order valence-corrected chi connectivity index (χ2v) is 7.44. The molecule has 0 saturated carbocycles. The van der Waals surface area contributed by atoms with Crippen LogP contribution in [0.25, 0.3) is 10.3 Å². The first kappa shape index (κ1) is 16.0. The molecule has 0 unspecified atom stereocenters. The second kappa shape index (κ2) is 6.80. The number of thiazole rings is 1. The summed E-state index contributed by atoms with van der Waals surface area (Å²) in [6.45, 7) is 3.35. The molecule has 0 spiro atoms. The smallest absolute Gasteiger partial charge is 0.318 e. The Morgan fingerprint density at radius 2 is 2.20 bits per heavy atom. The number of hydrogen-bond acceptors (Lipinski definition) is 4. The number of hydrogen-bond donors (Lipinski definition) is 1. The van der Waals surface area contributed by atoms with Gasteiger partial charge in [0.15, 0.2) is 5.65 Å². The largest absolute Gasteiger partial charge is 0.334 e. The van der Waals surface area contributed by atoms with Crippen LogP contribution in [-0.2, 0) is 6.54 Å². The van der Waals surface area contributed by atoms with Crippen molar-refractivity contribution in [3.63, 3.8) is 0 Å². The molecule has 5 nitrogen and oxygen atoms in total. The third-order valence-electron chi connectivity index (χ3n) is 4.49. The fourth-order valence-electron chi connectivity index (χ4n) is 3.22. The zero-order valence-electron chi connectivity index (χ0n) is 14.1. The molecule has 1 fully saturated rings. The predicted octanol–water partition coefficient (Wildman–Crippen LogP) is 4.05. The highest BCUT2D eigenvalue weighted by Gasteiger charge is 2.32. The molecular formula is C19H20N4OS. The van der Waals surface area contributed by atoms with Gasteiger partial charge in [-0.05, 0) is 37.0 Å². The highest BCUT2D eigenvalue weighted by atomic mass is 32.1. The SMILES string of the molecule is Cc1cnc2nc([C@H]3CCCN3C(=O)NCc3ccccc3)sc2c1. The monoisotopic (exact) mass is 352 g/mol. The first-order valence-electron chi connectivity index (χ1n) is 8.52. The lowest BCUT2D eigenvalue weighted by Crippen LogP contribution is -2.39. The van der Waals surface area contributed by atoms with Crippen LogP contribution in [0.4, 0.5) is 4.79 Å². The molecule has 6 heteroatoms. The molecule has 1 N–H and O–H groups in total. The molecule has 3 heterocycles. The van der Waals surface area contributed by atoms with Gasteiger partial charge < -0.3 is 10.2 Å². The summed E-state index contributed by atoms with van der Waals surface area (Å²) in [5, 5.41) is 4.02. The maximum absolute atomic E-state index is 12.6. The number of urea groups is 1. The van der Waals surface area contributed by atoms with Crippen LogP contribution in [0, 0.1) is 6.92 Å². The van der Waals surface area contributed by atoms with Crippen molar-refractivity contribution in [3.05, 3.63) is 58.7 Å². The quantitative estimate of drug-likeness (QED) is 0.774. The zero-order valence-corrected chi connectivity index (χ0v) is 14.9. The molecule has 4 rings (SSSR count). The summed E-state index contributed by atoms with van der Waals surface area (Å²) in [5.41, 5.74) is 3.01. The number of nitrogens with one attached hydrogen (secondary N) is 1. The van der Waals surface area contributed by atoms with E-state index in [0.29, 0.717) is 6.54 Å². The molecule has 1 atom stereocenters. The third-order valence-corrected chi connectivity index (χ3v) is 5.58. The van der Waals surface area contributed by atoms with Crippen molar-refractivity contribution in [1.29, 1.82) is 0 Å². The van der Waals surface area contributed by atoms with Gasteiger partial charge in [0.2, 0.25) is 0 Å². The van der Waals surface area contributed by atoms with E-state index in [4.69, 9.17) is 0 Å². The normalized spacial score (nSPS) is 17.2. The summed E-state index contributed by atoms with van der Waals surface area (Å²) in [4.78, 5) is 23.6. The van der Waals surface area contributed by atoms with Gasteiger partial charge in [-0.15, -0.1) is 11.3 Å². The van der Waals surface area contributed by atoms with Gasteiger partial charge in [0.25, 0.3) is 0 Å². The Bertz CT molecular complexity index is 893. The van der Waals surface area contributed by atoms with E-state index in [1.165, 1.54) is 0 Å². The van der Waals surface area contributed by atoms with E-state index in [-0.39, 0.29) is 12.1 Å². The fourth-order valence-corrected chi connectivity index (χ4v) is 4.39. The molecule has 2 amide bonds. The fraction of sp³-hybridized carbons (Fsp3) is 0.316. The van der Waals surface area contributed by atoms with Gasteiger partial charge in [-0.2, -0.15) is 0 Å². The molecular weight excluding hydrogens is 332 g/mol.